The first-order valence-electron chi connectivity index (χ1n) is 9.29. The van der Waals surface area contributed by atoms with E-state index < -0.39 is 0 Å². The molecule has 0 unspecified atom stereocenters. The highest BCUT2D eigenvalue weighted by Gasteiger charge is 2.11. The van der Waals surface area contributed by atoms with Gasteiger partial charge >= 0.3 is 0 Å². The molecule has 0 amide bonds. The normalized spacial score (nSPS) is 11.6. The first kappa shape index (κ1) is 15.9. The van der Waals surface area contributed by atoms with Gasteiger partial charge in [-0.05, 0) is 29.8 Å². The SMILES string of the molecule is c1ccc2ncc(Cn3cnc4cnc(-n5cnc6ccccc65)nc43)cc2c1. The number of fused-ring (bicyclic) bond motifs is 3. The summed E-state index contributed by atoms with van der Waals surface area (Å²) in [6.45, 7) is 0.634. The van der Waals surface area contributed by atoms with Crippen LogP contribution in [-0.2, 0) is 6.54 Å². The monoisotopic (exact) mass is 377 g/mol. The Labute approximate surface area is 165 Å². The quantitative estimate of drug-likeness (QED) is 0.469. The van der Waals surface area contributed by atoms with Crippen molar-refractivity contribution in [2.75, 3.05) is 0 Å². The Balaban J connectivity index is 1.43. The largest absolute Gasteiger partial charge is 0.311 e. The molecule has 138 valence electrons. The van der Waals surface area contributed by atoms with Crippen LogP contribution in [0.2, 0.25) is 0 Å². The van der Waals surface area contributed by atoms with Crippen LogP contribution in [0.25, 0.3) is 39.0 Å². The van der Waals surface area contributed by atoms with Crippen LogP contribution in [0.3, 0.4) is 0 Å². The summed E-state index contributed by atoms with van der Waals surface area (Å²) in [7, 11) is 0. The molecule has 4 aromatic heterocycles. The minimum atomic E-state index is 0.574. The fraction of sp³-hybridized carbons (Fsp3) is 0.0455. The van der Waals surface area contributed by atoms with Crippen molar-refractivity contribution in [2.45, 2.75) is 6.54 Å². The zero-order chi connectivity index (χ0) is 19.2. The van der Waals surface area contributed by atoms with Gasteiger partial charge in [-0.25, -0.2) is 15.0 Å². The number of nitrogens with zero attached hydrogens (tertiary/aromatic N) is 7. The van der Waals surface area contributed by atoms with Crippen LogP contribution in [0.15, 0.2) is 79.6 Å². The lowest BCUT2D eigenvalue weighted by atomic mass is 10.1. The second-order valence-electron chi connectivity index (χ2n) is 6.89. The van der Waals surface area contributed by atoms with E-state index in [9.17, 15) is 0 Å². The fourth-order valence-electron chi connectivity index (χ4n) is 3.60. The summed E-state index contributed by atoms with van der Waals surface area (Å²) in [5.41, 5.74) is 5.50. The van der Waals surface area contributed by atoms with Crippen molar-refractivity contribution in [3.63, 3.8) is 0 Å². The van der Waals surface area contributed by atoms with Gasteiger partial charge in [0.25, 0.3) is 0 Å². The predicted octanol–water partition coefficient (Wildman–Crippen LogP) is 3.76. The summed E-state index contributed by atoms with van der Waals surface area (Å²) in [4.78, 5) is 22.7. The van der Waals surface area contributed by atoms with Crippen LogP contribution in [0.4, 0.5) is 0 Å². The van der Waals surface area contributed by atoms with E-state index in [1.54, 1.807) is 18.9 Å². The highest BCUT2D eigenvalue weighted by molar-refractivity contribution is 5.79. The Morgan fingerprint density at radius 2 is 1.55 bits per heavy atom. The molecule has 0 bridgehead atoms. The second kappa shape index (κ2) is 6.20. The lowest BCUT2D eigenvalue weighted by molar-refractivity contribution is 0.806. The van der Waals surface area contributed by atoms with Gasteiger partial charge in [0.1, 0.15) is 11.8 Å². The molecule has 29 heavy (non-hydrogen) atoms. The van der Waals surface area contributed by atoms with Crippen molar-refractivity contribution < 1.29 is 0 Å². The molecule has 0 aliphatic rings. The number of hydrogen-bond acceptors (Lipinski definition) is 5. The number of aromatic nitrogens is 7. The molecule has 6 aromatic rings. The molecule has 0 N–H and O–H groups in total. The smallest absolute Gasteiger partial charge is 0.237 e. The summed E-state index contributed by atoms with van der Waals surface area (Å²) in [5, 5.41) is 1.12. The van der Waals surface area contributed by atoms with E-state index in [2.05, 4.69) is 32.1 Å². The molecule has 0 fully saturated rings. The predicted molar refractivity (Wildman–Crippen MR) is 111 cm³/mol. The van der Waals surface area contributed by atoms with Crippen LogP contribution in [0, 0.1) is 0 Å². The molecule has 0 aliphatic carbocycles. The van der Waals surface area contributed by atoms with Crippen molar-refractivity contribution >= 4 is 33.1 Å². The Morgan fingerprint density at radius 1 is 0.724 bits per heavy atom. The number of rotatable bonds is 3. The zero-order valence-corrected chi connectivity index (χ0v) is 15.3. The summed E-state index contributed by atoms with van der Waals surface area (Å²) >= 11 is 0. The highest BCUT2D eigenvalue weighted by Crippen LogP contribution is 2.19. The number of imidazole rings is 2. The fourth-order valence-corrected chi connectivity index (χ4v) is 3.60. The summed E-state index contributed by atoms with van der Waals surface area (Å²) in [5.74, 6) is 0.574. The van der Waals surface area contributed by atoms with E-state index >= 15 is 0 Å². The van der Waals surface area contributed by atoms with Crippen LogP contribution in [-0.4, -0.2) is 34.1 Å². The molecule has 2 aromatic carbocycles. The van der Waals surface area contributed by atoms with Crippen LogP contribution < -0.4 is 0 Å². The molecule has 0 radical (unpaired) electrons. The van der Waals surface area contributed by atoms with Crippen LogP contribution in [0.5, 0.6) is 0 Å². The standard InChI is InChI=1S/C22H15N7/c1-2-6-17-16(5-1)9-15(10-23-17)12-28-13-25-19-11-24-22(27-21(19)28)29-14-26-18-7-3-4-8-20(18)29/h1-11,13-14H,12H2. The van der Waals surface area contributed by atoms with Gasteiger partial charge in [-0.1, -0.05) is 30.3 Å². The minimum Gasteiger partial charge on any atom is -0.311 e. The molecule has 0 saturated carbocycles. The van der Waals surface area contributed by atoms with Gasteiger partial charge in [0.2, 0.25) is 5.95 Å². The molecule has 0 spiro atoms. The number of para-hydroxylation sites is 3. The van der Waals surface area contributed by atoms with E-state index in [1.807, 2.05) is 57.8 Å². The van der Waals surface area contributed by atoms with Gasteiger partial charge in [0, 0.05) is 11.6 Å². The van der Waals surface area contributed by atoms with Crippen LogP contribution >= 0.6 is 0 Å². The summed E-state index contributed by atoms with van der Waals surface area (Å²) < 4.78 is 3.91. The van der Waals surface area contributed by atoms with Crippen molar-refractivity contribution in [3.8, 4) is 5.95 Å². The lowest BCUT2D eigenvalue weighted by Crippen LogP contribution is -2.04. The molecule has 7 heteroatoms. The molecular weight excluding hydrogens is 362 g/mol. The van der Waals surface area contributed by atoms with Gasteiger partial charge < -0.3 is 4.57 Å². The minimum absolute atomic E-state index is 0.574. The van der Waals surface area contributed by atoms with E-state index in [-0.39, 0.29) is 0 Å². The molecule has 7 nitrogen and oxygen atoms in total. The van der Waals surface area contributed by atoms with Crippen molar-refractivity contribution in [3.05, 3.63) is 85.2 Å². The average molecular weight is 377 g/mol. The highest BCUT2D eigenvalue weighted by atomic mass is 15.2. The number of benzene rings is 2. The van der Waals surface area contributed by atoms with Crippen molar-refractivity contribution in [1.29, 1.82) is 0 Å². The first-order valence-corrected chi connectivity index (χ1v) is 9.29. The first-order chi connectivity index (χ1) is 14.3. The average Bonchev–Trinajstić information content (AvgIpc) is 3.38. The van der Waals surface area contributed by atoms with Crippen LogP contribution in [0.1, 0.15) is 5.56 Å². The Hall–Kier alpha value is -4.13. The third-order valence-electron chi connectivity index (χ3n) is 5.01. The topological polar surface area (TPSA) is 74.3 Å². The number of pyridine rings is 1. The molecule has 0 aliphatic heterocycles. The molecule has 6 rings (SSSR count). The van der Waals surface area contributed by atoms with Gasteiger partial charge in [-0.2, -0.15) is 4.98 Å². The van der Waals surface area contributed by atoms with Gasteiger partial charge in [-0.3, -0.25) is 9.55 Å². The molecular formula is C22H15N7. The maximum absolute atomic E-state index is 4.78. The van der Waals surface area contributed by atoms with Gasteiger partial charge in [-0.15, -0.1) is 0 Å². The Bertz CT molecular complexity index is 1500. The lowest BCUT2D eigenvalue weighted by Gasteiger charge is -2.07. The third kappa shape index (κ3) is 2.63. The number of hydrogen-bond donors (Lipinski definition) is 0. The Morgan fingerprint density at radius 3 is 2.52 bits per heavy atom. The van der Waals surface area contributed by atoms with Gasteiger partial charge in [0.15, 0.2) is 5.65 Å². The maximum atomic E-state index is 4.78. The molecule has 0 saturated heterocycles. The van der Waals surface area contributed by atoms with E-state index in [0.717, 1.165) is 38.7 Å². The molecule has 4 heterocycles. The molecule has 0 atom stereocenters. The third-order valence-corrected chi connectivity index (χ3v) is 5.01. The Kier molecular flexibility index (Phi) is 3.40. The zero-order valence-electron chi connectivity index (χ0n) is 15.3. The van der Waals surface area contributed by atoms with Gasteiger partial charge in [0.05, 0.1) is 35.6 Å². The van der Waals surface area contributed by atoms with E-state index in [0.29, 0.717) is 12.5 Å². The van der Waals surface area contributed by atoms with E-state index in [4.69, 9.17) is 4.98 Å². The maximum Gasteiger partial charge on any atom is 0.237 e. The van der Waals surface area contributed by atoms with E-state index in [1.165, 1.54) is 0 Å². The summed E-state index contributed by atoms with van der Waals surface area (Å²) in [6.07, 6.45) is 7.20. The van der Waals surface area contributed by atoms with Crippen molar-refractivity contribution in [2.24, 2.45) is 0 Å². The van der Waals surface area contributed by atoms with Crippen molar-refractivity contribution in [1.82, 2.24) is 34.1 Å². The summed E-state index contributed by atoms with van der Waals surface area (Å²) in [6, 6.07) is 18.2. The second-order valence-corrected chi connectivity index (χ2v) is 6.89.